The van der Waals surface area contributed by atoms with Crippen molar-refractivity contribution in [1.29, 1.82) is 5.26 Å². The molecule has 98 valence electrons. The van der Waals surface area contributed by atoms with Crippen LogP contribution in [0, 0.1) is 40.7 Å². The summed E-state index contributed by atoms with van der Waals surface area (Å²) in [5.41, 5.74) is 0.644. The van der Waals surface area contributed by atoms with E-state index in [1.807, 2.05) is 13.0 Å². The second kappa shape index (κ2) is 4.35. The predicted octanol–water partition coefficient (Wildman–Crippen LogP) is 2.45. The molecule has 0 atom stereocenters. The molecular weight excluding hydrogens is 246 g/mol. The second-order valence-corrected chi connectivity index (χ2v) is 4.86. The van der Waals surface area contributed by atoms with Crippen molar-refractivity contribution >= 4 is 17.3 Å². The Morgan fingerprint density at radius 1 is 1.42 bits per heavy atom. The maximum atomic E-state index is 11.9. The van der Waals surface area contributed by atoms with Crippen molar-refractivity contribution in [2.24, 2.45) is 5.41 Å². The van der Waals surface area contributed by atoms with E-state index in [4.69, 9.17) is 5.26 Å². The van der Waals surface area contributed by atoms with Crippen LogP contribution in [0.25, 0.3) is 0 Å². The van der Waals surface area contributed by atoms with Gasteiger partial charge in [0, 0.05) is 6.07 Å². The van der Waals surface area contributed by atoms with Crippen molar-refractivity contribution in [3.05, 3.63) is 33.4 Å². The first-order valence-electron chi connectivity index (χ1n) is 5.88. The third kappa shape index (κ3) is 2.27. The molecule has 6 nitrogen and oxygen atoms in total. The fraction of sp³-hybridized carbons (Fsp3) is 0.385. The fourth-order valence-electron chi connectivity index (χ4n) is 1.81. The molecule has 1 saturated carbocycles. The molecule has 0 bridgehead atoms. The zero-order valence-corrected chi connectivity index (χ0v) is 10.7. The molecular formula is C13H13N3O3. The minimum absolute atomic E-state index is 0.148. The second-order valence-electron chi connectivity index (χ2n) is 4.86. The van der Waals surface area contributed by atoms with E-state index in [9.17, 15) is 14.9 Å². The van der Waals surface area contributed by atoms with Gasteiger partial charge in [-0.25, -0.2) is 0 Å². The van der Waals surface area contributed by atoms with Crippen molar-refractivity contribution < 1.29 is 9.72 Å². The quantitative estimate of drug-likeness (QED) is 0.666. The molecule has 0 radical (unpaired) electrons. The highest BCUT2D eigenvalue weighted by atomic mass is 16.6. The first-order chi connectivity index (χ1) is 8.89. The van der Waals surface area contributed by atoms with E-state index < -0.39 is 16.2 Å². The molecule has 1 amide bonds. The Morgan fingerprint density at radius 2 is 2.00 bits per heavy atom. The van der Waals surface area contributed by atoms with Crippen LogP contribution in [-0.2, 0) is 4.79 Å². The molecule has 6 heteroatoms. The number of carbonyl (C=O) groups is 1. The SMILES string of the molecule is Cc1cc(NC(=O)C2(C#N)CC2)c([N+](=O)[O-])cc1C. The molecule has 0 aliphatic heterocycles. The van der Waals surface area contributed by atoms with Gasteiger partial charge in [0.15, 0.2) is 0 Å². The van der Waals surface area contributed by atoms with Gasteiger partial charge < -0.3 is 5.32 Å². The summed E-state index contributed by atoms with van der Waals surface area (Å²) in [6, 6.07) is 4.96. The van der Waals surface area contributed by atoms with Crippen molar-refractivity contribution in [3.8, 4) is 6.07 Å². The lowest BCUT2D eigenvalue weighted by Gasteiger charge is -2.10. The minimum Gasteiger partial charge on any atom is -0.319 e. The number of benzene rings is 1. The molecule has 0 saturated heterocycles. The highest BCUT2D eigenvalue weighted by Crippen LogP contribution is 2.46. The number of nitrogens with one attached hydrogen (secondary N) is 1. The van der Waals surface area contributed by atoms with Gasteiger partial charge in [-0.1, -0.05) is 0 Å². The number of nitriles is 1. The van der Waals surface area contributed by atoms with Gasteiger partial charge in [0.05, 0.1) is 11.0 Å². The summed E-state index contributed by atoms with van der Waals surface area (Å²) in [5, 5.41) is 22.4. The van der Waals surface area contributed by atoms with Crippen LogP contribution in [0.2, 0.25) is 0 Å². The molecule has 0 aromatic heterocycles. The summed E-state index contributed by atoms with van der Waals surface area (Å²) in [5.74, 6) is -0.457. The molecule has 1 aliphatic rings. The van der Waals surface area contributed by atoms with Crippen LogP contribution in [0.5, 0.6) is 0 Å². The molecule has 0 heterocycles. The molecule has 19 heavy (non-hydrogen) atoms. The maximum Gasteiger partial charge on any atom is 0.293 e. The number of nitro benzene ring substituents is 1. The first kappa shape index (κ1) is 13.0. The van der Waals surface area contributed by atoms with Crippen LogP contribution in [0.3, 0.4) is 0 Å². The molecule has 2 rings (SSSR count). The third-order valence-electron chi connectivity index (χ3n) is 3.46. The van der Waals surface area contributed by atoms with Gasteiger partial charge in [-0.05, 0) is 43.9 Å². The van der Waals surface area contributed by atoms with Crippen LogP contribution in [0.15, 0.2) is 12.1 Å². The van der Waals surface area contributed by atoms with Crippen LogP contribution in [-0.4, -0.2) is 10.8 Å². The smallest absolute Gasteiger partial charge is 0.293 e. The van der Waals surface area contributed by atoms with Crippen LogP contribution >= 0.6 is 0 Å². The van der Waals surface area contributed by atoms with E-state index in [0.717, 1.165) is 11.1 Å². The lowest BCUT2D eigenvalue weighted by molar-refractivity contribution is -0.384. The third-order valence-corrected chi connectivity index (χ3v) is 3.46. The van der Waals surface area contributed by atoms with E-state index in [1.165, 1.54) is 6.07 Å². The Morgan fingerprint density at radius 3 is 2.47 bits per heavy atom. The van der Waals surface area contributed by atoms with Crippen molar-refractivity contribution in [2.75, 3.05) is 5.32 Å². The standard InChI is InChI=1S/C13H13N3O3/c1-8-5-10(11(16(18)19)6-9(8)2)15-12(17)13(7-14)3-4-13/h5-6H,3-4H2,1-2H3,(H,15,17). The van der Waals surface area contributed by atoms with Gasteiger partial charge >= 0.3 is 0 Å². The van der Waals surface area contributed by atoms with Gasteiger partial charge in [-0.15, -0.1) is 0 Å². The summed E-state index contributed by atoms with van der Waals surface area (Å²) in [4.78, 5) is 22.4. The summed E-state index contributed by atoms with van der Waals surface area (Å²) in [6.45, 7) is 3.58. The number of amides is 1. The Bertz CT molecular complexity index is 612. The summed E-state index contributed by atoms with van der Waals surface area (Å²) in [6.07, 6.45) is 1.02. The Balaban J connectivity index is 2.35. The molecule has 1 fully saturated rings. The topological polar surface area (TPSA) is 96.0 Å². The zero-order valence-electron chi connectivity index (χ0n) is 10.7. The van der Waals surface area contributed by atoms with Crippen molar-refractivity contribution in [1.82, 2.24) is 0 Å². The minimum atomic E-state index is -0.993. The summed E-state index contributed by atoms with van der Waals surface area (Å²) in [7, 11) is 0. The van der Waals surface area contributed by atoms with E-state index >= 15 is 0 Å². The average Bonchev–Trinajstić information content (AvgIpc) is 3.14. The number of anilines is 1. The molecule has 1 N–H and O–H groups in total. The molecule has 1 aromatic rings. The Kier molecular flexibility index (Phi) is 2.98. The van der Waals surface area contributed by atoms with Gasteiger partial charge in [-0.3, -0.25) is 14.9 Å². The van der Waals surface area contributed by atoms with Crippen LogP contribution < -0.4 is 5.32 Å². The summed E-state index contributed by atoms with van der Waals surface area (Å²) >= 11 is 0. The normalized spacial score (nSPS) is 15.4. The average molecular weight is 259 g/mol. The first-order valence-corrected chi connectivity index (χ1v) is 5.88. The van der Waals surface area contributed by atoms with Crippen LogP contribution in [0.1, 0.15) is 24.0 Å². The highest BCUT2D eigenvalue weighted by molar-refractivity contribution is 6.00. The number of nitrogens with zero attached hydrogens (tertiary/aromatic N) is 2. The maximum absolute atomic E-state index is 11.9. The van der Waals surface area contributed by atoms with Crippen molar-refractivity contribution in [2.45, 2.75) is 26.7 Å². The predicted molar refractivity (Wildman–Crippen MR) is 68.5 cm³/mol. The molecule has 1 aromatic carbocycles. The lowest BCUT2D eigenvalue weighted by atomic mass is 10.1. The molecule has 1 aliphatic carbocycles. The number of carbonyl (C=O) groups excluding carboxylic acids is 1. The van der Waals surface area contributed by atoms with Crippen molar-refractivity contribution in [3.63, 3.8) is 0 Å². The number of hydrogen-bond donors (Lipinski definition) is 1. The van der Waals surface area contributed by atoms with Gasteiger partial charge in [0.25, 0.3) is 5.69 Å². The van der Waals surface area contributed by atoms with E-state index in [-0.39, 0.29) is 11.4 Å². The number of rotatable bonds is 3. The van der Waals surface area contributed by atoms with E-state index in [0.29, 0.717) is 12.8 Å². The summed E-state index contributed by atoms with van der Waals surface area (Å²) < 4.78 is 0. The largest absolute Gasteiger partial charge is 0.319 e. The zero-order chi connectivity index (χ0) is 14.2. The van der Waals surface area contributed by atoms with Gasteiger partial charge in [0.2, 0.25) is 5.91 Å². The molecule has 0 spiro atoms. The van der Waals surface area contributed by atoms with Crippen LogP contribution in [0.4, 0.5) is 11.4 Å². The number of aryl methyl sites for hydroxylation is 2. The lowest BCUT2D eigenvalue weighted by Crippen LogP contribution is -2.23. The monoisotopic (exact) mass is 259 g/mol. The Labute approximate surface area is 110 Å². The van der Waals surface area contributed by atoms with E-state index in [1.54, 1.807) is 13.0 Å². The molecule has 0 unspecified atom stereocenters. The Hall–Kier alpha value is -2.42. The van der Waals surface area contributed by atoms with Gasteiger partial charge in [-0.2, -0.15) is 5.26 Å². The fourth-order valence-corrected chi connectivity index (χ4v) is 1.81. The van der Waals surface area contributed by atoms with E-state index in [2.05, 4.69) is 5.32 Å². The number of hydrogen-bond acceptors (Lipinski definition) is 4. The van der Waals surface area contributed by atoms with Gasteiger partial charge in [0.1, 0.15) is 11.1 Å². The highest BCUT2D eigenvalue weighted by Gasteiger charge is 2.51. The number of nitro groups is 1.